The van der Waals surface area contributed by atoms with Crippen LogP contribution < -0.4 is 10.2 Å². The van der Waals surface area contributed by atoms with Gasteiger partial charge in [0.25, 0.3) is 5.91 Å². The molecule has 150 valence electrons. The fraction of sp³-hybridized carbons (Fsp3) is 0.500. The standard InChI is InChI=1S/C20H25N5O2.ClH/c1-14-4-2-3-9-25(14)19-12-16(15-5-10-27-11-6-17(15)23-19)20(26)24-18-13-21-7-8-22-18;/h7-8,12-14H,2-6,9-11H2,1H3,(H,22,24,26);1H/t14-;/m0./s1. The monoisotopic (exact) mass is 403 g/mol. The summed E-state index contributed by atoms with van der Waals surface area (Å²) < 4.78 is 5.63. The van der Waals surface area contributed by atoms with Gasteiger partial charge in [0.2, 0.25) is 0 Å². The molecule has 1 atom stereocenters. The second kappa shape index (κ2) is 9.30. The summed E-state index contributed by atoms with van der Waals surface area (Å²) in [7, 11) is 0. The Morgan fingerprint density at radius 1 is 1.25 bits per heavy atom. The number of fused-ring (bicyclic) bond motifs is 1. The predicted octanol–water partition coefficient (Wildman–Crippen LogP) is 3.04. The Morgan fingerprint density at radius 3 is 2.89 bits per heavy atom. The quantitative estimate of drug-likeness (QED) is 0.848. The minimum absolute atomic E-state index is 0. The maximum absolute atomic E-state index is 13.0. The summed E-state index contributed by atoms with van der Waals surface area (Å²) in [6, 6.07) is 2.37. The molecule has 1 N–H and O–H groups in total. The van der Waals surface area contributed by atoms with E-state index < -0.39 is 0 Å². The number of piperidine rings is 1. The van der Waals surface area contributed by atoms with Crippen LogP contribution in [0.15, 0.2) is 24.7 Å². The van der Waals surface area contributed by atoms with Crippen molar-refractivity contribution in [2.75, 3.05) is 30.0 Å². The highest BCUT2D eigenvalue weighted by Gasteiger charge is 2.25. The summed E-state index contributed by atoms with van der Waals surface area (Å²) in [4.78, 5) is 28.5. The number of carbonyl (C=O) groups excluding carboxylic acids is 1. The molecule has 28 heavy (non-hydrogen) atoms. The Balaban J connectivity index is 0.00000225. The molecule has 1 saturated heterocycles. The molecule has 0 unspecified atom stereocenters. The molecule has 1 amide bonds. The normalized spacial score (nSPS) is 19.2. The number of aromatic nitrogens is 3. The molecular weight excluding hydrogens is 378 g/mol. The minimum atomic E-state index is -0.165. The third kappa shape index (κ3) is 4.42. The van der Waals surface area contributed by atoms with E-state index in [2.05, 4.69) is 27.1 Å². The summed E-state index contributed by atoms with van der Waals surface area (Å²) in [5, 5.41) is 2.87. The van der Waals surface area contributed by atoms with Crippen LogP contribution in [-0.2, 0) is 17.6 Å². The second-order valence-electron chi connectivity index (χ2n) is 7.15. The van der Waals surface area contributed by atoms with Crippen molar-refractivity contribution >= 4 is 29.9 Å². The minimum Gasteiger partial charge on any atom is -0.381 e. The highest BCUT2D eigenvalue weighted by atomic mass is 35.5. The molecule has 0 bridgehead atoms. The second-order valence-corrected chi connectivity index (χ2v) is 7.15. The Hall–Kier alpha value is -2.25. The van der Waals surface area contributed by atoms with Crippen molar-refractivity contribution in [1.82, 2.24) is 15.0 Å². The summed E-state index contributed by atoms with van der Waals surface area (Å²) >= 11 is 0. The van der Waals surface area contributed by atoms with E-state index in [0.29, 0.717) is 37.1 Å². The van der Waals surface area contributed by atoms with Crippen molar-refractivity contribution in [3.8, 4) is 0 Å². The summed E-state index contributed by atoms with van der Waals surface area (Å²) in [5.41, 5.74) is 2.64. The number of nitrogens with one attached hydrogen (secondary N) is 1. The molecular formula is C20H26ClN5O2. The maximum atomic E-state index is 13.0. The fourth-order valence-electron chi connectivity index (χ4n) is 3.88. The molecule has 1 fully saturated rings. The van der Waals surface area contributed by atoms with Gasteiger partial charge in [0, 0.05) is 42.7 Å². The molecule has 2 aliphatic rings. The smallest absolute Gasteiger partial charge is 0.257 e. The Morgan fingerprint density at radius 2 is 2.11 bits per heavy atom. The number of anilines is 2. The van der Waals surface area contributed by atoms with Crippen molar-refractivity contribution in [1.29, 1.82) is 0 Å². The van der Waals surface area contributed by atoms with E-state index in [1.54, 1.807) is 18.6 Å². The molecule has 2 aliphatic heterocycles. The van der Waals surface area contributed by atoms with Crippen LogP contribution in [0.1, 0.15) is 47.8 Å². The summed E-state index contributed by atoms with van der Waals surface area (Å²) in [5.74, 6) is 1.18. The lowest BCUT2D eigenvalue weighted by atomic mass is 9.99. The van der Waals surface area contributed by atoms with Crippen molar-refractivity contribution in [3.63, 3.8) is 0 Å². The van der Waals surface area contributed by atoms with Crippen LogP contribution in [0.4, 0.5) is 11.6 Å². The zero-order valence-corrected chi connectivity index (χ0v) is 16.9. The van der Waals surface area contributed by atoms with Gasteiger partial charge in [-0.2, -0.15) is 0 Å². The van der Waals surface area contributed by atoms with Gasteiger partial charge in [-0.3, -0.25) is 9.78 Å². The first-order valence-corrected chi connectivity index (χ1v) is 9.67. The van der Waals surface area contributed by atoms with Gasteiger partial charge in [0.15, 0.2) is 5.82 Å². The van der Waals surface area contributed by atoms with E-state index in [1.807, 2.05) is 6.07 Å². The van der Waals surface area contributed by atoms with E-state index in [0.717, 1.165) is 42.9 Å². The third-order valence-corrected chi connectivity index (χ3v) is 5.32. The van der Waals surface area contributed by atoms with Crippen LogP contribution in [0.5, 0.6) is 0 Å². The number of nitrogens with zero attached hydrogens (tertiary/aromatic N) is 4. The highest BCUT2D eigenvalue weighted by molar-refractivity contribution is 6.05. The number of hydrogen-bond acceptors (Lipinski definition) is 6. The van der Waals surface area contributed by atoms with E-state index in [9.17, 15) is 4.79 Å². The molecule has 4 rings (SSSR count). The van der Waals surface area contributed by atoms with Gasteiger partial charge in [-0.15, -0.1) is 12.4 Å². The Kier molecular flexibility index (Phi) is 6.80. The molecule has 0 aliphatic carbocycles. The van der Waals surface area contributed by atoms with Crippen LogP contribution >= 0.6 is 12.4 Å². The van der Waals surface area contributed by atoms with Gasteiger partial charge in [0.1, 0.15) is 5.82 Å². The zero-order chi connectivity index (χ0) is 18.6. The summed E-state index contributed by atoms with van der Waals surface area (Å²) in [6.45, 7) is 4.47. The number of rotatable bonds is 3. The van der Waals surface area contributed by atoms with Gasteiger partial charge in [-0.25, -0.2) is 9.97 Å². The van der Waals surface area contributed by atoms with Crippen LogP contribution in [0.3, 0.4) is 0 Å². The van der Waals surface area contributed by atoms with Crippen molar-refractivity contribution in [2.45, 2.75) is 45.1 Å². The maximum Gasteiger partial charge on any atom is 0.257 e. The third-order valence-electron chi connectivity index (χ3n) is 5.32. The molecule has 2 aromatic rings. The fourth-order valence-corrected chi connectivity index (χ4v) is 3.88. The Bertz CT molecular complexity index is 818. The average Bonchev–Trinajstić information content (AvgIpc) is 2.94. The van der Waals surface area contributed by atoms with Crippen LogP contribution in [-0.4, -0.2) is 46.7 Å². The van der Waals surface area contributed by atoms with E-state index in [-0.39, 0.29) is 18.3 Å². The molecule has 0 saturated carbocycles. The molecule has 0 aromatic carbocycles. The topological polar surface area (TPSA) is 80.2 Å². The van der Waals surface area contributed by atoms with E-state index in [4.69, 9.17) is 9.72 Å². The number of pyridine rings is 1. The van der Waals surface area contributed by atoms with Crippen molar-refractivity contribution in [2.24, 2.45) is 0 Å². The van der Waals surface area contributed by atoms with Crippen LogP contribution in [0, 0.1) is 0 Å². The van der Waals surface area contributed by atoms with E-state index >= 15 is 0 Å². The van der Waals surface area contributed by atoms with Gasteiger partial charge in [0.05, 0.1) is 19.4 Å². The van der Waals surface area contributed by atoms with Gasteiger partial charge >= 0.3 is 0 Å². The number of amides is 1. The number of carbonyl (C=O) groups is 1. The lowest BCUT2D eigenvalue weighted by Crippen LogP contribution is -2.38. The molecule has 0 spiro atoms. The van der Waals surface area contributed by atoms with Crippen LogP contribution in [0.2, 0.25) is 0 Å². The SMILES string of the molecule is C[C@H]1CCCCN1c1cc(C(=O)Nc2cnccn2)c2c(n1)CCOCC2.Cl. The zero-order valence-electron chi connectivity index (χ0n) is 16.1. The predicted molar refractivity (Wildman–Crippen MR) is 110 cm³/mol. The molecule has 7 nitrogen and oxygen atoms in total. The largest absolute Gasteiger partial charge is 0.381 e. The molecule has 8 heteroatoms. The first-order chi connectivity index (χ1) is 13.2. The van der Waals surface area contributed by atoms with Gasteiger partial charge in [-0.05, 0) is 44.2 Å². The molecule has 0 radical (unpaired) electrons. The number of halogens is 1. The van der Waals surface area contributed by atoms with Crippen molar-refractivity contribution < 1.29 is 9.53 Å². The highest BCUT2D eigenvalue weighted by Crippen LogP contribution is 2.28. The lowest BCUT2D eigenvalue weighted by molar-refractivity contribution is 0.102. The van der Waals surface area contributed by atoms with Crippen LogP contribution in [0.25, 0.3) is 0 Å². The molecule has 4 heterocycles. The Labute approximate surface area is 171 Å². The van der Waals surface area contributed by atoms with E-state index in [1.165, 1.54) is 6.42 Å². The van der Waals surface area contributed by atoms with Gasteiger partial charge < -0.3 is 15.0 Å². The number of ether oxygens (including phenoxy) is 1. The lowest BCUT2D eigenvalue weighted by Gasteiger charge is -2.35. The first kappa shape index (κ1) is 20.5. The number of hydrogen-bond donors (Lipinski definition) is 1. The van der Waals surface area contributed by atoms with Gasteiger partial charge in [-0.1, -0.05) is 0 Å². The summed E-state index contributed by atoms with van der Waals surface area (Å²) in [6.07, 6.45) is 9.69. The van der Waals surface area contributed by atoms with Crippen molar-refractivity contribution in [3.05, 3.63) is 41.5 Å². The molecule has 2 aromatic heterocycles. The first-order valence-electron chi connectivity index (χ1n) is 9.67. The average molecular weight is 404 g/mol.